The summed E-state index contributed by atoms with van der Waals surface area (Å²) in [6.07, 6.45) is 21.1. The van der Waals surface area contributed by atoms with Crippen LogP contribution in [0.1, 0.15) is 97.3 Å². The maximum Gasteiger partial charge on any atom is 0.127 e. The first-order valence-electron chi connectivity index (χ1n) is 10.4. The van der Waals surface area contributed by atoms with E-state index in [1.54, 1.807) is 0 Å². The van der Waals surface area contributed by atoms with E-state index in [0.717, 1.165) is 31.8 Å². The van der Waals surface area contributed by atoms with Gasteiger partial charge in [0.15, 0.2) is 0 Å². The fourth-order valence-corrected chi connectivity index (χ4v) is 3.26. The van der Waals surface area contributed by atoms with E-state index >= 15 is 0 Å². The lowest BCUT2D eigenvalue weighted by molar-refractivity contribution is 0.0578. The molecule has 0 aromatic carbocycles. The Kier molecular flexibility index (Phi) is 12.8. The van der Waals surface area contributed by atoms with Gasteiger partial charge in [-0.3, -0.25) is 4.99 Å². The third-order valence-corrected chi connectivity index (χ3v) is 4.88. The number of aliphatic imine (C=N–C) groups is 1. The molecule has 3 nitrogen and oxygen atoms in total. The summed E-state index contributed by atoms with van der Waals surface area (Å²) in [5.74, 6) is 0.965. The summed E-state index contributed by atoms with van der Waals surface area (Å²) in [6.45, 7) is 5.96. The Bertz CT molecular complexity index is 352. The summed E-state index contributed by atoms with van der Waals surface area (Å²) in [5, 5.41) is 9.94. The maximum atomic E-state index is 9.94. The van der Waals surface area contributed by atoms with Gasteiger partial charge in [0.05, 0.1) is 6.54 Å². The van der Waals surface area contributed by atoms with Crippen LogP contribution in [0.15, 0.2) is 17.1 Å². The fourth-order valence-electron chi connectivity index (χ4n) is 3.26. The van der Waals surface area contributed by atoms with Crippen molar-refractivity contribution in [1.29, 1.82) is 0 Å². The van der Waals surface area contributed by atoms with Crippen LogP contribution >= 0.6 is 0 Å². The third kappa shape index (κ3) is 9.46. The predicted octanol–water partition coefficient (Wildman–Crippen LogP) is 5.69. The van der Waals surface area contributed by atoms with Gasteiger partial charge in [0, 0.05) is 6.54 Å². The Morgan fingerprint density at radius 1 is 0.958 bits per heavy atom. The molecule has 0 aromatic heterocycles. The molecule has 0 spiro atoms. The van der Waals surface area contributed by atoms with Crippen molar-refractivity contribution < 1.29 is 5.11 Å². The molecule has 0 aliphatic carbocycles. The molecule has 140 valence electrons. The normalized spacial score (nSPS) is 16.1. The van der Waals surface area contributed by atoms with E-state index in [4.69, 9.17) is 0 Å². The SMILES string of the molecule is CCCCCCCCCCCCCC=CC1=NCCN1C(O)CC. The molecule has 0 radical (unpaired) electrons. The number of hydrogen-bond acceptors (Lipinski definition) is 3. The number of allylic oxidation sites excluding steroid dienone is 1. The first-order chi connectivity index (χ1) is 11.8. The molecule has 1 unspecified atom stereocenters. The predicted molar refractivity (Wildman–Crippen MR) is 106 cm³/mol. The van der Waals surface area contributed by atoms with Crippen LogP contribution in [0, 0.1) is 0 Å². The van der Waals surface area contributed by atoms with Gasteiger partial charge in [-0.05, 0) is 25.3 Å². The highest BCUT2D eigenvalue weighted by atomic mass is 16.3. The van der Waals surface area contributed by atoms with Gasteiger partial charge in [0.1, 0.15) is 12.1 Å². The first kappa shape index (κ1) is 21.2. The van der Waals surface area contributed by atoms with Gasteiger partial charge >= 0.3 is 0 Å². The molecule has 3 heteroatoms. The summed E-state index contributed by atoms with van der Waals surface area (Å²) in [7, 11) is 0. The molecule has 0 saturated heterocycles. The van der Waals surface area contributed by atoms with Gasteiger partial charge in [-0.1, -0.05) is 84.1 Å². The van der Waals surface area contributed by atoms with E-state index in [-0.39, 0.29) is 6.23 Å². The van der Waals surface area contributed by atoms with E-state index in [9.17, 15) is 5.11 Å². The van der Waals surface area contributed by atoms with Crippen molar-refractivity contribution in [2.45, 2.75) is 104 Å². The zero-order chi connectivity index (χ0) is 17.5. The minimum atomic E-state index is -0.377. The van der Waals surface area contributed by atoms with Crippen LogP contribution in [0.3, 0.4) is 0 Å². The number of amidine groups is 1. The van der Waals surface area contributed by atoms with Crippen molar-refractivity contribution >= 4 is 5.84 Å². The van der Waals surface area contributed by atoms with Crippen molar-refractivity contribution in [3.8, 4) is 0 Å². The molecular formula is C21H40N2O. The van der Waals surface area contributed by atoms with Gasteiger partial charge < -0.3 is 10.0 Å². The maximum absolute atomic E-state index is 9.94. The summed E-state index contributed by atoms with van der Waals surface area (Å²) in [5.41, 5.74) is 0. The Morgan fingerprint density at radius 2 is 1.54 bits per heavy atom. The van der Waals surface area contributed by atoms with Crippen LogP contribution in [0.25, 0.3) is 0 Å². The van der Waals surface area contributed by atoms with E-state index in [1.807, 2.05) is 11.8 Å². The molecule has 1 rings (SSSR count). The number of aliphatic hydroxyl groups excluding tert-OH is 1. The van der Waals surface area contributed by atoms with Gasteiger partial charge in [-0.2, -0.15) is 0 Å². The minimum Gasteiger partial charge on any atom is -0.374 e. The third-order valence-electron chi connectivity index (χ3n) is 4.88. The van der Waals surface area contributed by atoms with E-state index in [2.05, 4.69) is 24.1 Å². The van der Waals surface area contributed by atoms with Crippen LogP contribution in [0.4, 0.5) is 0 Å². The van der Waals surface area contributed by atoms with Crippen LogP contribution in [-0.2, 0) is 0 Å². The molecular weight excluding hydrogens is 296 g/mol. The molecule has 1 aliphatic rings. The van der Waals surface area contributed by atoms with E-state index in [0.29, 0.717) is 0 Å². The first-order valence-corrected chi connectivity index (χ1v) is 10.4. The molecule has 1 atom stereocenters. The lowest BCUT2D eigenvalue weighted by Gasteiger charge is -2.23. The van der Waals surface area contributed by atoms with E-state index < -0.39 is 0 Å². The van der Waals surface area contributed by atoms with Gasteiger partial charge in [0.2, 0.25) is 0 Å². The molecule has 24 heavy (non-hydrogen) atoms. The van der Waals surface area contributed by atoms with Gasteiger partial charge in [-0.25, -0.2) is 0 Å². The number of rotatable bonds is 15. The Morgan fingerprint density at radius 3 is 2.12 bits per heavy atom. The van der Waals surface area contributed by atoms with Crippen molar-refractivity contribution in [1.82, 2.24) is 4.90 Å². The van der Waals surface area contributed by atoms with Gasteiger partial charge in [-0.15, -0.1) is 0 Å². The largest absolute Gasteiger partial charge is 0.374 e. The lowest BCUT2D eigenvalue weighted by Crippen LogP contribution is -2.36. The van der Waals surface area contributed by atoms with Crippen LogP contribution in [0.5, 0.6) is 0 Å². The Hall–Kier alpha value is -0.830. The second-order valence-electron chi connectivity index (χ2n) is 7.05. The van der Waals surface area contributed by atoms with Crippen molar-refractivity contribution in [2.24, 2.45) is 4.99 Å². The number of nitrogens with zero attached hydrogens (tertiary/aromatic N) is 2. The number of aliphatic hydroxyl groups is 1. The average Bonchev–Trinajstić information content (AvgIpc) is 3.06. The molecule has 1 N–H and O–H groups in total. The van der Waals surface area contributed by atoms with Crippen LogP contribution in [-0.4, -0.2) is 35.2 Å². The van der Waals surface area contributed by atoms with Crippen molar-refractivity contribution in [3.05, 3.63) is 12.2 Å². The zero-order valence-electron chi connectivity index (χ0n) is 16.2. The Balaban J connectivity index is 1.93. The highest BCUT2D eigenvalue weighted by molar-refractivity contribution is 5.94. The molecule has 0 fully saturated rings. The smallest absolute Gasteiger partial charge is 0.127 e. The Labute approximate surface area is 150 Å². The van der Waals surface area contributed by atoms with Crippen LogP contribution < -0.4 is 0 Å². The van der Waals surface area contributed by atoms with Crippen molar-refractivity contribution in [2.75, 3.05) is 13.1 Å². The molecule has 0 aromatic rings. The highest BCUT2D eigenvalue weighted by Gasteiger charge is 2.19. The summed E-state index contributed by atoms with van der Waals surface area (Å²) >= 11 is 0. The molecule has 0 saturated carbocycles. The van der Waals surface area contributed by atoms with Crippen LogP contribution in [0.2, 0.25) is 0 Å². The molecule has 0 amide bonds. The molecule has 1 heterocycles. The second-order valence-corrected chi connectivity index (χ2v) is 7.05. The summed E-state index contributed by atoms with van der Waals surface area (Å²) in [6, 6.07) is 0. The topological polar surface area (TPSA) is 35.8 Å². The average molecular weight is 337 g/mol. The number of hydrogen-bond donors (Lipinski definition) is 1. The second kappa shape index (κ2) is 14.5. The number of unbranched alkanes of at least 4 members (excludes halogenated alkanes) is 11. The fraction of sp³-hybridized carbons (Fsp3) is 0.857. The summed E-state index contributed by atoms with van der Waals surface area (Å²) in [4.78, 5) is 6.49. The lowest BCUT2D eigenvalue weighted by atomic mass is 10.1. The monoisotopic (exact) mass is 336 g/mol. The highest BCUT2D eigenvalue weighted by Crippen LogP contribution is 2.13. The summed E-state index contributed by atoms with van der Waals surface area (Å²) < 4.78 is 0. The molecule has 0 bridgehead atoms. The quantitative estimate of drug-likeness (QED) is 0.390. The standard InChI is InChI=1S/C21H40N2O/c1-3-5-6-7-8-9-10-11-12-13-14-15-16-17-20-22-18-19-23(20)21(24)4-2/h16-17,21,24H,3-15,18-19H2,1-2H3. The van der Waals surface area contributed by atoms with Crippen molar-refractivity contribution in [3.63, 3.8) is 0 Å². The zero-order valence-corrected chi connectivity index (χ0v) is 16.2. The molecule has 1 aliphatic heterocycles. The minimum absolute atomic E-state index is 0.377. The van der Waals surface area contributed by atoms with Gasteiger partial charge in [0.25, 0.3) is 0 Å². The van der Waals surface area contributed by atoms with E-state index in [1.165, 1.54) is 70.6 Å².